The molecule has 0 spiro atoms. The van der Waals surface area contributed by atoms with Crippen LogP contribution in [0.5, 0.6) is 0 Å². The van der Waals surface area contributed by atoms with Gasteiger partial charge in [-0.2, -0.15) is 0 Å². The number of rotatable bonds is 5. The smallest absolute Gasteiger partial charge is 0.338 e. The highest BCUT2D eigenvalue weighted by molar-refractivity contribution is 5.89. The Kier molecular flexibility index (Phi) is 4.75. The van der Waals surface area contributed by atoms with Gasteiger partial charge in [0.15, 0.2) is 0 Å². The van der Waals surface area contributed by atoms with Crippen LogP contribution in [0.3, 0.4) is 0 Å². The lowest BCUT2D eigenvalue weighted by Crippen LogP contribution is -2.21. The monoisotopic (exact) mass is 225 g/mol. The Labute approximate surface area is 93.7 Å². The molecule has 1 rings (SSSR count). The lowest BCUT2D eigenvalue weighted by Gasteiger charge is -2.08. The van der Waals surface area contributed by atoms with Crippen LogP contribution in [0.15, 0.2) is 24.3 Å². The lowest BCUT2D eigenvalue weighted by molar-refractivity contribution is 0.00933. The number of hydrogen-bond donors (Lipinski definition) is 3. The highest BCUT2D eigenvalue weighted by Gasteiger charge is 2.09. The summed E-state index contributed by atoms with van der Waals surface area (Å²) < 4.78 is 4.78. The summed E-state index contributed by atoms with van der Waals surface area (Å²) in [4.78, 5) is 11.4. The Bertz CT molecular complexity index is 336. The van der Waals surface area contributed by atoms with Crippen LogP contribution in [0, 0.1) is 0 Å². The molecule has 0 heterocycles. The number of esters is 1. The second-order valence-electron chi connectivity index (χ2n) is 3.26. The fourth-order valence-electron chi connectivity index (χ4n) is 1.08. The maximum Gasteiger partial charge on any atom is 0.338 e. The number of nitrogens with one attached hydrogen (secondary N) is 1. The molecule has 5 heteroatoms. The summed E-state index contributed by atoms with van der Waals surface area (Å²) in [5.41, 5.74) is 1.30. The molecule has 0 aliphatic rings. The lowest BCUT2D eigenvalue weighted by atomic mass is 10.2. The van der Waals surface area contributed by atoms with Crippen molar-refractivity contribution in [3.05, 3.63) is 29.8 Å². The van der Waals surface area contributed by atoms with Crippen molar-refractivity contribution in [2.45, 2.75) is 6.10 Å². The average Bonchev–Trinajstić information content (AvgIpc) is 2.35. The van der Waals surface area contributed by atoms with Gasteiger partial charge in [-0.3, -0.25) is 0 Å². The Hall–Kier alpha value is -1.59. The zero-order chi connectivity index (χ0) is 12.0. The molecular weight excluding hydrogens is 210 g/mol. The average molecular weight is 225 g/mol. The molecule has 1 unspecified atom stereocenters. The van der Waals surface area contributed by atoms with E-state index in [1.807, 2.05) is 0 Å². The molecule has 0 bridgehead atoms. The quantitative estimate of drug-likeness (QED) is 0.625. The summed E-state index contributed by atoms with van der Waals surface area (Å²) in [5, 5.41) is 20.5. The van der Waals surface area contributed by atoms with Crippen LogP contribution in [-0.2, 0) is 4.74 Å². The molecule has 88 valence electrons. The predicted octanol–water partition coefficient (Wildman–Crippen LogP) is 0.238. The van der Waals surface area contributed by atoms with Crippen LogP contribution in [0.1, 0.15) is 10.4 Å². The first kappa shape index (κ1) is 12.5. The van der Waals surface area contributed by atoms with E-state index in [2.05, 4.69) is 5.32 Å². The van der Waals surface area contributed by atoms with E-state index in [0.29, 0.717) is 5.56 Å². The first-order valence-corrected chi connectivity index (χ1v) is 4.91. The van der Waals surface area contributed by atoms with Gasteiger partial charge in [0.25, 0.3) is 0 Å². The molecule has 0 saturated carbocycles. The number of carbonyl (C=O) groups is 1. The summed E-state index contributed by atoms with van der Waals surface area (Å²) in [6.45, 7) is -0.630. The molecule has 0 aliphatic heterocycles. The van der Waals surface area contributed by atoms with Crippen molar-refractivity contribution < 1.29 is 19.7 Å². The van der Waals surface area contributed by atoms with Gasteiger partial charge in [-0.15, -0.1) is 0 Å². The molecule has 5 nitrogen and oxygen atoms in total. The van der Waals surface area contributed by atoms with E-state index in [-0.39, 0.29) is 6.61 Å². The van der Waals surface area contributed by atoms with Gasteiger partial charge in [0.2, 0.25) is 0 Å². The minimum absolute atomic E-state index is 0.205. The molecule has 0 aliphatic carbocycles. The van der Waals surface area contributed by atoms with Gasteiger partial charge in [0.05, 0.1) is 12.2 Å². The van der Waals surface area contributed by atoms with Crippen molar-refractivity contribution in [3.8, 4) is 0 Å². The molecule has 0 saturated heterocycles. The molecule has 16 heavy (non-hydrogen) atoms. The highest BCUT2D eigenvalue weighted by atomic mass is 16.5. The van der Waals surface area contributed by atoms with Crippen LogP contribution < -0.4 is 5.32 Å². The first-order chi connectivity index (χ1) is 7.67. The maximum absolute atomic E-state index is 11.4. The van der Waals surface area contributed by atoms with E-state index >= 15 is 0 Å². The van der Waals surface area contributed by atoms with E-state index in [1.54, 1.807) is 31.3 Å². The van der Waals surface area contributed by atoms with Gasteiger partial charge in [-0.05, 0) is 24.3 Å². The standard InChI is InChI=1S/C11H15NO4/c1-12-9-4-2-8(3-5-9)11(15)16-7-10(14)6-13/h2-5,10,12-14H,6-7H2,1H3. The third-order valence-corrected chi connectivity index (χ3v) is 2.03. The second-order valence-corrected chi connectivity index (χ2v) is 3.26. The van der Waals surface area contributed by atoms with E-state index in [0.717, 1.165) is 5.69 Å². The van der Waals surface area contributed by atoms with Crippen LogP contribution >= 0.6 is 0 Å². The van der Waals surface area contributed by atoms with Crippen LogP contribution in [0.25, 0.3) is 0 Å². The summed E-state index contributed by atoms with van der Waals surface area (Å²) in [6.07, 6.45) is -1.03. The largest absolute Gasteiger partial charge is 0.459 e. The van der Waals surface area contributed by atoms with Crippen LogP contribution in [0.4, 0.5) is 5.69 Å². The Balaban J connectivity index is 2.52. The minimum Gasteiger partial charge on any atom is -0.459 e. The number of carbonyl (C=O) groups excluding carboxylic acids is 1. The highest BCUT2D eigenvalue weighted by Crippen LogP contribution is 2.09. The summed E-state index contributed by atoms with van der Waals surface area (Å²) in [6, 6.07) is 6.75. The van der Waals surface area contributed by atoms with Crippen LogP contribution in [-0.4, -0.2) is 42.5 Å². The van der Waals surface area contributed by atoms with Crippen LogP contribution in [0.2, 0.25) is 0 Å². The van der Waals surface area contributed by atoms with Gasteiger partial charge in [-0.25, -0.2) is 4.79 Å². The van der Waals surface area contributed by atoms with Crippen molar-refractivity contribution >= 4 is 11.7 Å². The molecule has 1 aromatic carbocycles. The third-order valence-electron chi connectivity index (χ3n) is 2.03. The van der Waals surface area contributed by atoms with Gasteiger partial charge in [0, 0.05) is 12.7 Å². The zero-order valence-corrected chi connectivity index (χ0v) is 9.01. The van der Waals surface area contributed by atoms with Crippen molar-refractivity contribution in [2.24, 2.45) is 0 Å². The summed E-state index contributed by atoms with van der Waals surface area (Å²) in [7, 11) is 1.78. The fourth-order valence-corrected chi connectivity index (χ4v) is 1.08. The molecule has 1 atom stereocenters. The van der Waals surface area contributed by atoms with Gasteiger partial charge in [-0.1, -0.05) is 0 Å². The number of benzene rings is 1. The SMILES string of the molecule is CNc1ccc(C(=O)OCC(O)CO)cc1. The van der Waals surface area contributed by atoms with Gasteiger partial charge >= 0.3 is 5.97 Å². The minimum atomic E-state index is -1.03. The molecule has 0 aromatic heterocycles. The number of aliphatic hydroxyl groups excluding tert-OH is 2. The molecule has 0 amide bonds. The molecule has 1 aromatic rings. The van der Waals surface area contributed by atoms with Crippen molar-refractivity contribution in [1.82, 2.24) is 0 Å². The van der Waals surface area contributed by atoms with E-state index < -0.39 is 18.7 Å². The summed E-state index contributed by atoms with van der Waals surface area (Å²) in [5.74, 6) is -0.518. The van der Waals surface area contributed by atoms with Crippen molar-refractivity contribution in [1.29, 1.82) is 0 Å². The maximum atomic E-state index is 11.4. The predicted molar refractivity (Wildman–Crippen MR) is 59.4 cm³/mol. The third kappa shape index (κ3) is 3.52. The number of anilines is 1. The number of hydrogen-bond acceptors (Lipinski definition) is 5. The molecule has 0 fully saturated rings. The Morgan fingerprint density at radius 2 is 2.06 bits per heavy atom. The topological polar surface area (TPSA) is 78.8 Å². The zero-order valence-electron chi connectivity index (χ0n) is 9.01. The van der Waals surface area contributed by atoms with Gasteiger partial charge < -0.3 is 20.3 Å². The fraction of sp³-hybridized carbons (Fsp3) is 0.364. The number of ether oxygens (including phenoxy) is 1. The van der Waals surface area contributed by atoms with E-state index in [9.17, 15) is 4.79 Å². The van der Waals surface area contributed by atoms with E-state index in [1.165, 1.54) is 0 Å². The molecular formula is C11H15NO4. The second kappa shape index (κ2) is 6.09. The van der Waals surface area contributed by atoms with E-state index in [4.69, 9.17) is 14.9 Å². The Morgan fingerprint density at radius 1 is 1.44 bits per heavy atom. The summed E-state index contributed by atoms with van der Waals surface area (Å²) >= 11 is 0. The normalized spacial score (nSPS) is 11.9. The Morgan fingerprint density at radius 3 is 2.56 bits per heavy atom. The van der Waals surface area contributed by atoms with Crippen molar-refractivity contribution in [3.63, 3.8) is 0 Å². The number of aliphatic hydroxyl groups is 2. The first-order valence-electron chi connectivity index (χ1n) is 4.91. The van der Waals surface area contributed by atoms with Crippen molar-refractivity contribution in [2.75, 3.05) is 25.6 Å². The molecule has 3 N–H and O–H groups in total. The molecule has 0 radical (unpaired) electrons. The van der Waals surface area contributed by atoms with Gasteiger partial charge in [0.1, 0.15) is 12.7 Å².